The molecule has 2 unspecified atom stereocenters. The first-order chi connectivity index (χ1) is 11.3. The number of aryl methyl sites for hydroxylation is 2. The van der Waals surface area contributed by atoms with Gasteiger partial charge in [0.1, 0.15) is 17.4 Å². The van der Waals surface area contributed by atoms with Gasteiger partial charge in [0.05, 0.1) is 5.69 Å². The highest BCUT2D eigenvalue weighted by Crippen LogP contribution is 2.39. The molecule has 1 aromatic heterocycles. The van der Waals surface area contributed by atoms with E-state index in [4.69, 9.17) is 0 Å². The third-order valence-corrected chi connectivity index (χ3v) is 5.50. The van der Waals surface area contributed by atoms with Crippen LogP contribution in [0, 0.1) is 6.92 Å². The second-order valence-corrected chi connectivity index (χ2v) is 7.05. The molecule has 128 valence electrons. The first-order valence-corrected chi connectivity index (χ1v) is 8.32. The summed E-state index contributed by atoms with van der Waals surface area (Å²) in [6.45, 7) is 4.74. The van der Waals surface area contributed by atoms with E-state index in [-0.39, 0.29) is 17.8 Å². The van der Waals surface area contributed by atoms with Crippen molar-refractivity contribution in [3.8, 4) is 0 Å². The van der Waals surface area contributed by atoms with Crippen LogP contribution < -0.4 is 4.90 Å². The van der Waals surface area contributed by atoms with Crippen LogP contribution in [0.25, 0.3) is 0 Å². The van der Waals surface area contributed by atoms with Crippen LogP contribution in [0.5, 0.6) is 0 Å². The Bertz CT molecular complexity index is 757. The number of rotatable bonds is 2. The van der Waals surface area contributed by atoms with Gasteiger partial charge in [0.2, 0.25) is 0 Å². The van der Waals surface area contributed by atoms with E-state index >= 15 is 0 Å². The minimum absolute atomic E-state index is 0.204. The number of nitrogens with zero attached hydrogens (tertiary/aromatic N) is 5. The maximum absolute atomic E-state index is 12.9. The highest BCUT2D eigenvalue weighted by Gasteiger charge is 2.60. The van der Waals surface area contributed by atoms with E-state index < -0.39 is 11.6 Å². The summed E-state index contributed by atoms with van der Waals surface area (Å²) >= 11 is 0. The van der Waals surface area contributed by atoms with Crippen LogP contribution >= 0.6 is 0 Å². The first kappa shape index (κ1) is 15.2. The quantitative estimate of drug-likeness (QED) is 0.746. The minimum Gasteiger partial charge on any atom is -0.310 e. The number of carbonyl (C=O) groups excluding carboxylic acids is 3. The predicted molar refractivity (Wildman–Crippen MR) is 85.3 cm³/mol. The van der Waals surface area contributed by atoms with Crippen molar-refractivity contribution in [2.45, 2.75) is 44.7 Å². The van der Waals surface area contributed by atoms with Gasteiger partial charge in [0.25, 0.3) is 11.8 Å². The molecule has 0 bridgehead atoms. The van der Waals surface area contributed by atoms with Gasteiger partial charge in [0.15, 0.2) is 0 Å². The number of aromatic nitrogens is 2. The molecule has 0 radical (unpaired) electrons. The van der Waals surface area contributed by atoms with Crippen LogP contribution in [0.1, 0.15) is 31.9 Å². The molecule has 24 heavy (non-hydrogen) atoms. The summed E-state index contributed by atoms with van der Waals surface area (Å²) in [7, 11) is 1.78. The molecule has 0 aliphatic carbocycles. The van der Waals surface area contributed by atoms with Crippen molar-refractivity contribution >= 4 is 23.7 Å². The van der Waals surface area contributed by atoms with Crippen molar-refractivity contribution < 1.29 is 14.4 Å². The van der Waals surface area contributed by atoms with Crippen molar-refractivity contribution in [1.82, 2.24) is 19.6 Å². The third-order valence-electron chi connectivity index (χ3n) is 5.50. The molecule has 4 amide bonds. The van der Waals surface area contributed by atoms with E-state index in [1.165, 1.54) is 4.90 Å². The predicted octanol–water partition coefficient (Wildman–Crippen LogP) is 0.651. The minimum atomic E-state index is -0.770. The zero-order chi connectivity index (χ0) is 17.2. The Balaban J connectivity index is 1.63. The average Bonchev–Trinajstić information content (AvgIpc) is 3.21. The Labute approximate surface area is 140 Å². The van der Waals surface area contributed by atoms with Crippen LogP contribution in [0.2, 0.25) is 0 Å². The van der Waals surface area contributed by atoms with Gasteiger partial charge < -0.3 is 4.90 Å². The topological polar surface area (TPSA) is 78.8 Å². The fraction of sp³-hybridized carbons (Fsp3) is 0.625. The lowest BCUT2D eigenvalue weighted by Crippen LogP contribution is -2.47. The molecule has 1 aromatic rings. The summed E-state index contributed by atoms with van der Waals surface area (Å²) in [6, 6.07) is 0.817. The van der Waals surface area contributed by atoms with E-state index in [2.05, 4.69) is 5.10 Å². The SMILES string of the molecule is Cc1cc(N2CCC(N3C(=O)N4CCCC4(C)C3=O)C2=O)n(C)n1. The summed E-state index contributed by atoms with van der Waals surface area (Å²) in [6.07, 6.45) is 1.96. The maximum Gasteiger partial charge on any atom is 0.328 e. The number of hydrogen-bond acceptors (Lipinski definition) is 4. The van der Waals surface area contributed by atoms with Crippen LogP contribution in [-0.4, -0.2) is 62.1 Å². The van der Waals surface area contributed by atoms with E-state index in [9.17, 15) is 14.4 Å². The van der Waals surface area contributed by atoms with E-state index in [0.29, 0.717) is 31.7 Å². The molecule has 0 spiro atoms. The smallest absolute Gasteiger partial charge is 0.310 e. The number of amides is 4. The molecule has 0 N–H and O–H groups in total. The molecule has 3 fully saturated rings. The van der Waals surface area contributed by atoms with Gasteiger partial charge in [-0.15, -0.1) is 0 Å². The number of hydrogen-bond donors (Lipinski definition) is 0. The molecular weight excluding hydrogens is 310 g/mol. The summed E-state index contributed by atoms with van der Waals surface area (Å²) < 4.78 is 1.66. The molecule has 3 aliphatic rings. The van der Waals surface area contributed by atoms with Crippen LogP contribution in [0.4, 0.5) is 10.6 Å². The monoisotopic (exact) mass is 331 g/mol. The molecule has 0 saturated carbocycles. The van der Waals surface area contributed by atoms with Gasteiger partial charge in [-0.2, -0.15) is 5.10 Å². The number of carbonyl (C=O) groups is 3. The van der Waals surface area contributed by atoms with Crippen molar-refractivity contribution in [1.29, 1.82) is 0 Å². The molecule has 3 saturated heterocycles. The Hall–Kier alpha value is -2.38. The van der Waals surface area contributed by atoms with E-state index in [0.717, 1.165) is 12.1 Å². The van der Waals surface area contributed by atoms with E-state index in [1.54, 1.807) is 21.5 Å². The summed E-state index contributed by atoms with van der Waals surface area (Å²) in [5.74, 6) is 0.265. The van der Waals surface area contributed by atoms with Crippen LogP contribution in [-0.2, 0) is 16.6 Å². The van der Waals surface area contributed by atoms with Crippen LogP contribution in [0.15, 0.2) is 6.07 Å². The lowest BCUT2D eigenvalue weighted by molar-refractivity contribution is -0.136. The highest BCUT2D eigenvalue weighted by molar-refractivity contribution is 6.12. The Morgan fingerprint density at radius 1 is 1.25 bits per heavy atom. The molecule has 3 aliphatic heterocycles. The van der Waals surface area contributed by atoms with Crippen molar-refractivity contribution in [2.75, 3.05) is 18.0 Å². The fourth-order valence-electron chi connectivity index (χ4n) is 4.22. The first-order valence-electron chi connectivity index (χ1n) is 8.32. The maximum atomic E-state index is 12.9. The number of anilines is 1. The second kappa shape index (κ2) is 4.81. The fourth-order valence-corrected chi connectivity index (χ4v) is 4.22. The number of urea groups is 1. The van der Waals surface area contributed by atoms with Gasteiger partial charge in [-0.05, 0) is 33.1 Å². The average molecular weight is 331 g/mol. The molecule has 2 atom stereocenters. The molecule has 4 heterocycles. The zero-order valence-electron chi connectivity index (χ0n) is 14.2. The van der Waals surface area contributed by atoms with Gasteiger partial charge in [0, 0.05) is 26.2 Å². The van der Waals surface area contributed by atoms with Crippen molar-refractivity contribution in [2.24, 2.45) is 7.05 Å². The molecule has 0 aromatic carbocycles. The number of fused-ring (bicyclic) bond motifs is 1. The normalized spacial score (nSPS) is 30.0. The summed E-state index contributed by atoms with van der Waals surface area (Å²) in [5.41, 5.74) is 0.0543. The molecule has 8 heteroatoms. The van der Waals surface area contributed by atoms with Gasteiger partial charge >= 0.3 is 6.03 Å². The van der Waals surface area contributed by atoms with Gasteiger partial charge in [-0.1, -0.05) is 0 Å². The Morgan fingerprint density at radius 2 is 2.00 bits per heavy atom. The molecular formula is C16H21N5O3. The molecule has 4 rings (SSSR count). The molecule has 8 nitrogen and oxygen atoms in total. The van der Waals surface area contributed by atoms with Gasteiger partial charge in [-0.3, -0.25) is 19.2 Å². The van der Waals surface area contributed by atoms with Gasteiger partial charge in [-0.25, -0.2) is 9.69 Å². The Morgan fingerprint density at radius 3 is 2.62 bits per heavy atom. The summed E-state index contributed by atoms with van der Waals surface area (Å²) in [4.78, 5) is 42.9. The second-order valence-electron chi connectivity index (χ2n) is 7.05. The van der Waals surface area contributed by atoms with Crippen LogP contribution in [0.3, 0.4) is 0 Å². The largest absolute Gasteiger partial charge is 0.328 e. The Kier molecular flexibility index (Phi) is 3.04. The standard InChI is InChI=1S/C16H21N5O3/c1-10-9-12(18(3)17-10)19-8-5-11(13(19)22)21-14(23)16(2)6-4-7-20(16)15(21)24/h9,11H,4-8H2,1-3H3. The highest BCUT2D eigenvalue weighted by atomic mass is 16.2. The number of imide groups is 1. The summed E-state index contributed by atoms with van der Waals surface area (Å²) in [5, 5.41) is 4.27. The third kappa shape index (κ3) is 1.79. The lowest BCUT2D eigenvalue weighted by atomic mass is 9.99. The lowest BCUT2D eigenvalue weighted by Gasteiger charge is -2.23. The zero-order valence-corrected chi connectivity index (χ0v) is 14.2. The van der Waals surface area contributed by atoms with Crippen molar-refractivity contribution in [3.05, 3.63) is 11.8 Å². The van der Waals surface area contributed by atoms with E-state index in [1.807, 2.05) is 19.9 Å². The van der Waals surface area contributed by atoms with Crippen molar-refractivity contribution in [3.63, 3.8) is 0 Å².